The van der Waals surface area contributed by atoms with Gasteiger partial charge in [-0.05, 0) is 32.4 Å². The lowest BCUT2D eigenvalue weighted by Gasteiger charge is -2.29. The van der Waals surface area contributed by atoms with Crippen LogP contribution in [0, 0.1) is 5.41 Å². The van der Waals surface area contributed by atoms with Crippen molar-refractivity contribution in [3.63, 3.8) is 0 Å². The Bertz CT molecular complexity index is 1400. The van der Waals surface area contributed by atoms with Gasteiger partial charge in [-0.1, -0.05) is 45.4 Å². The second kappa shape index (κ2) is 13.3. The lowest BCUT2D eigenvalue weighted by Crippen LogP contribution is -2.38. The molecule has 0 spiro atoms. The van der Waals surface area contributed by atoms with Gasteiger partial charge >= 0.3 is 13.7 Å². The molecule has 0 aliphatic carbocycles. The number of nitrogens with two attached hydrogens (primary N) is 1. The van der Waals surface area contributed by atoms with Gasteiger partial charge in [0.2, 0.25) is 11.8 Å². The number of unbranched alkanes of at least 4 members (excludes halogenated alkanes) is 1. The van der Waals surface area contributed by atoms with Gasteiger partial charge in [-0.15, -0.1) is 0 Å². The molecule has 42 heavy (non-hydrogen) atoms. The number of nitrogens with one attached hydrogen (secondary N) is 1. The predicted molar refractivity (Wildman–Crippen MR) is 154 cm³/mol. The maximum atomic E-state index is 13.9. The number of fused-ring (bicyclic) bond motifs is 1. The number of anilines is 1. The van der Waals surface area contributed by atoms with E-state index in [4.69, 9.17) is 29.0 Å². The number of nitrogen functional groups attached to an aromatic ring is 1. The second-order valence-corrected chi connectivity index (χ2v) is 12.2. The van der Waals surface area contributed by atoms with E-state index in [0.717, 1.165) is 6.42 Å². The number of imidazole rings is 1. The highest BCUT2D eigenvalue weighted by Gasteiger charge is 2.52. The zero-order chi connectivity index (χ0) is 30.5. The highest BCUT2D eigenvalue weighted by Crippen LogP contribution is 2.49. The number of carbonyl (C=O) groups excluding carboxylic acids is 1. The molecule has 14 nitrogen and oxygen atoms in total. The Morgan fingerprint density at radius 3 is 2.69 bits per heavy atom. The van der Waals surface area contributed by atoms with Crippen molar-refractivity contribution in [1.29, 1.82) is 0 Å². The minimum atomic E-state index is -4.17. The van der Waals surface area contributed by atoms with Crippen LogP contribution in [0.4, 0.5) is 5.95 Å². The number of ether oxygens (including phenoxy) is 3. The number of rotatable bonds is 14. The standard InChI is InChI=1S/C27H39N6O8P/c1-6-8-14-38-24(35)17(3)32-42(36,41-18-12-10-9-11-13-18)39-15-19-21(34)27(4,5)25(40-19)33-16-29-20-22(33)30-26(28)31-23(20)37-7-2/h9-13,16-17,19,21,25,34H,6-8,14-15H2,1-5H3,(H,32,36)(H2,28,30,31). The van der Waals surface area contributed by atoms with Crippen molar-refractivity contribution in [2.45, 2.75) is 71.9 Å². The van der Waals surface area contributed by atoms with Crippen LogP contribution in [-0.4, -0.2) is 68.7 Å². The van der Waals surface area contributed by atoms with Gasteiger partial charge in [0.25, 0.3) is 0 Å². The van der Waals surface area contributed by atoms with Crippen molar-refractivity contribution in [2.24, 2.45) is 5.41 Å². The first-order valence-electron chi connectivity index (χ1n) is 13.9. The summed E-state index contributed by atoms with van der Waals surface area (Å²) in [5.41, 5.74) is 5.81. The van der Waals surface area contributed by atoms with Crippen LogP contribution in [0.2, 0.25) is 0 Å². The number of para-hydroxylation sites is 1. The molecule has 1 aliphatic rings. The Morgan fingerprint density at radius 2 is 2.00 bits per heavy atom. The van der Waals surface area contributed by atoms with Gasteiger partial charge in [0.05, 0.1) is 32.3 Å². The number of aliphatic hydroxyl groups is 1. The van der Waals surface area contributed by atoms with E-state index in [-0.39, 0.29) is 30.8 Å². The smallest absolute Gasteiger partial charge is 0.459 e. The SMILES string of the molecule is CCCCOC(=O)C(C)NP(=O)(OCC1OC(n2cnc3c(OCC)nc(N)nc32)C(C)(C)C1O)Oc1ccccc1. The molecular formula is C27H39N6O8P. The molecule has 15 heteroatoms. The normalized spacial score (nSPS) is 22.0. The van der Waals surface area contributed by atoms with Gasteiger partial charge in [-0.3, -0.25) is 13.9 Å². The molecule has 0 amide bonds. The summed E-state index contributed by atoms with van der Waals surface area (Å²) in [7, 11) is -4.17. The van der Waals surface area contributed by atoms with Crippen LogP contribution in [0.1, 0.15) is 53.7 Å². The maximum Gasteiger partial charge on any atom is 0.459 e. The van der Waals surface area contributed by atoms with E-state index in [0.29, 0.717) is 24.2 Å². The van der Waals surface area contributed by atoms with Crippen LogP contribution in [0.15, 0.2) is 36.7 Å². The molecule has 0 saturated carbocycles. The quantitative estimate of drug-likeness (QED) is 0.138. The van der Waals surface area contributed by atoms with Gasteiger partial charge in [-0.25, -0.2) is 9.55 Å². The minimum absolute atomic E-state index is 0.00338. The Morgan fingerprint density at radius 1 is 1.26 bits per heavy atom. The first-order chi connectivity index (χ1) is 20.0. The molecule has 4 N–H and O–H groups in total. The van der Waals surface area contributed by atoms with Crippen molar-refractivity contribution in [2.75, 3.05) is 25.6 Å². The van der Waals surface area contributed by atoms with Crippen molar-refractivity contribution >= 4 is 30.8 Å². The fourth-order valence-corrected chi connectivity index (χ4v) is 6.03. The van der Waals surface area contributed by atoms with Gasteiger partial charge in [0, 0.05) is 5.41 Å². The summed E-state index contributed by atoms with van der Waals surface area (Å²) in [6.07, 6.45) is 0.322. The molecule has 5 unspecified atom stereocenters. The highest BCUT2D eigenvalue weighted by atomic mass is 31.2. The largest absolute Gasteiger partial charge is 0.476 e. The molecule has 3 heterocycles. The Balaban J connectivity index is 1.54. The molecule has 0 radical (unpaired) electrons. The van der Waals surface area contributed by atoms with Crippen LogP contribution in [0.5, 0.6) is 11.6 Å². The fraction of sp³-hybridized carbons (Fsp3) is 0.556. The van der Waals surface area contributed by atoms with Crippen LogP contribution in [-0.2, 0) is 23.4 Å². The molecule has 1 saturated heterocycles. The summed E-state index contributed by atoms with van der Waals surface area (Å²) in [6.45, 7) is 9.20. The average Bonchev–Trinajstić information content (AvgIpc) is 3.45. The number of aromatic nitrogens is 4. The van der Waals surface area contributed by atoms with E-state index < -0.39 is 43.6 Å². The molecule has 2 aromatic heterocycles. The van der Waals surface area contributed by atoms with E-state index in [1.807, 2.05) is 27.7 Å². The molecule has 230 valence electrons. The number of hydrogen-bond donors (Lipinski definition) is 3. The number of aliphatic hydroxyl groups excluding tert-OH is 1. The first kappa shape index (κ1) is 31.6. The topological polar surface area (TPSA) is 182 Å². The van der Waals surface area contributed by atoms with Crippen LogP contribution >= 0.6 is 7.75 Å². The number of esters is 1. The third-order valence-corrected chi connectivity index (χ3v) is 8.46. The van der Waals surface area contributed by atoms with Crippen LogP contribution in [0.25, 0.3) is 11.2 Å². The summed E-state index contributed by atoms with van der Waals surface area (Å²) in [4.78, 5) is 25.3. The van der Waals surface area contributed by atoms with Crippen LogP contribution in [0.3, 0.4) is 0 Å². The third-order valence-electron chi connectivity index (χ3n) is 6.82. The fourth-order valence-electron chi connectivity index (χ4n) is 4.52. The Kier molecular flexibility index (Phi) is 10.1. The van der Waals surface area contributed by atoms with Crippen LogP contribution < -0.4 is 20.1 Å². The zero-order valence-electron chi connectivity index (χ0n) is 24.4. The lowest BCUT2D eigenvalue weighted by molar-refractivity contribution is -0.145. The van der Waals surface area contributed by atoms with Gasteiger partial charge in [0.1, 0.15) is 24.1 Å². The minimum Gasteiger partial charge on any atom is -0.476 e. The summed E-state index contributed by atoms with van der Waals surface area (Å²) >= 11 is 0. The van der Waals surface area contributed by atoms with Crippen molar-refractivity contribution in [3.8, 4) is 11.6 Å². The molecule has 3 aromatic rings. The van der Waals surface area contributed by atoms with E-state index >= 15 is 0 Å². The summed E-state index contributed by atoms with van der Waals surface area (Å²) in [6, 6.07) is 7.41. The van der Waals surface area contributed by atoms with Crippen molar-refractivity contribution < 1.29 is 37.7 Å². The maximum absolute atomic E-state index is 13.9. The number of nitrogens with zero attached hydrogens (tertiary/aromatic N) is 4. The third kappa shape index (κ3) is 7.01. The monoisotopic (exact) mass is 606 g/mol. The molecular weight excluding hydrogens is 567 g/mol. The van der Waals surface area contributed by atoms with Gasteiger partial charge < -0.3 is 29.6 Å². The molecule has 4 rings (SSSR count). The van der Waals surface area contributed by atoms with E-state index in [1.54, 1.807) is 34.9 Å². The number of benzene rings is 1. The summed E-state index contributed by atoms with van der Waals surface area (Å²) in [5.74, 6) is -0.0982. The number of hydrogen-bond acceptors (Lipinski definition) is 12. The average molecular weight is 607 g/mol. The molecule has 1 aromatic carbocycles. The molecule has 1 fully saturated rings. The van der Waals surface area contributed by atoms with E-state index in [2.05, 4.69) is 20.0 Å². The molecule has 1 aliphatic heterocycles. The van der Waals surface area contributed by atoms with E-state index in [1.165, 1.54) is 13.3 Å². The zero-order valence-corrected chi connectivity index (χ0v) is 25.3. The lowest BCUT2D eigenvalue weighted by atomic mass is 9.84. The van der Waals surface area contributed by atoms with Gasteiger partial charge in [-0.2, -0.15) is 15.1 Å². The second-order valence-electron chi connectivity index (χ2n) is 10.5. The predicted octanol–water partition coefficient (Wildman–Crippen LogP) is 3.62. The first-order valence-corrected chi connectivity index (χ1v) is 15.4. The van der Waals surface area contributed by atoms with Gasteiger partial charge in [0.15, 0.2) is 11.2 Å². The molecule has 0 bridgehead atoms. The Labute approximate surface area is 244 Å². The van der Waals surface area contributed by atoms with E-state index in [9.17, 15) is 14.5 Å². The molecule has 5 atom stereocenters. The summed E-state index contributed by atoms with van der Waals surface area (Å²) in [5, 5.41) is 13.9. The Hall–Kier alpha value is -3.29. The van der Waals surface area contributed by atoms with Crippen molar-refractivity contribution in [3.05, 3.63) is 36.7 Å². The number of carbonyl (C=O) groups is 1. The van der Waals surface area contributed by atoms with Crippen molar-refractivity contribution in [1.82, 2.24) is 24.6 Å². The highest BCUT2D eigenvalue weighted by molar-refractivity contribution is 7.52. The summed E-state index contributed by atoms with van der Waals surface area (Å²) < 4.78 is 44.1.